The van der Waals surface area contributed by atoms with Gasteiger partial charge in [-0.2, -0.15) is 0 Å². The number of halogens is 1. The molecular weight excluding hydrogens is 361 g/mol. The van der Waals surface area contributed by atoms with Crippen molar-refractivity contribution in [2.45, 2.75) is 19.3 Å². The van der Waals surface area contributed by atoms with Crippen LogP contribution in [0.25, 0.3) is 0 Å². The summed E-state index contributed by atoms with van der Waals surface area (Å²) in [5.41, 5.74) is 0.869. The van der Waals surface area contributed by atoms with Gasteiger partial charge in [0, 0.05) is 59.3 Å². The first-order valence-electron chi connectivity index (χ1n) is 10.1. The van der Waals surface area contributed by atoms with E-state index in [2.05, 4.69) is 4.90 Å². The van der Waals surface area contributed by atoms with Crippen LogP contribution < -0.4 is 0 Å². The lowest BCUT2D eigenvalue weighted by Gasteiger charge is -2.39. The maximum absolute atomic E-state index is 13.3. The zero-order valence-corrected chi connectivity index (χ0v) is 16.6. The Morgan fingerprint density at radius 1 is 1.21 bits per heavy atom. The summed E-state index contributed by atoms with van der Waals surface area (Å²) in [5.74, 6) is -0.143. The number of carbonyl (C=O) groups excluding carboxylic acids is 2. The largest absolute Gasteiger partial charge is 0.383 e. The topological polar surface area (TPSA) is 53.1 Å². The highest BCUT2D eigenvalue weighted by molar-refractivity contribution is 5.84. The van der Waals surface area contributed by atoms with Gasteiger partial charge in [-0.05, 0) is 30.5 Å². The second-order valence-electron chi connectivity index (χ2n) is 7.61. The van der Waals surface area contributed by atoms with E-state index < -0.39 is 0 Å². The van der Waals surface area contributed by atoms with E-state index in [1.165, 1.54) is 12.1 Å². The van der Waals surface area contributed by atoms with Gasteiger partial charge < -0.3 is 14.5 Å². The Labute approximate surface area is 166 Å². The third-order valence-electron chi connectivity index (χ3n) is 5.70. The molecule has 154 valence electrons. The van der Waals surface area contributed by atoms with Gasteiger partial charge in [-0.15, -0.1) is 0 Å². The number of piperazine rings is 1. The molecule has 2 amide bonds. The zero-order chi connectivity index (χ0) is 19.9. The molecule has 2 heterocycles. The van der Waals surface area contributed by atoms with Crippen molar-refractivity contribution >= 4 is 11.8 Å². The van der Waals surface area contributed by atoms with Crippen LogP contribution in [0.1, 0.15) is 18.4 Å². The maximum Gasteiger partial charge on any atom is 0.227 e. The van der Waals surface area contributed by atoms with Gasteiger partial charge in [0.2, 0.25) is 11.8 Å². The summed E-state index contributed by atoms with van der Waals surface area (Å²) in [7, 11) is 1.70. The molecule has 1 atom stereocenters. The molecule has 0 aliphatic carbocycles. The highest BCUT2D eigenvalue weighted by atomic mass is 19.1. The maximum atomic E-state index is 13.3. The Morgan fingerprint density at radius 3 is 2.71 bits per heavy atom. The number of ether oxygens (including phenoxy) is 1. The predicted molar refractivity (Wildman–Crippen MR) is 104 cm³/mol. The predicted octanol–water partition coefficient (Wildman–Crippen LogP) is 1.40. The minimum Gasteiger partial charge on any atom is -0.383 e. The van der Waals surface area contributed by atoms with Crippen LogP contribution in [0.5, 0.6) is 0 Å². The van der Waals surface area contributed by atoms with Crippen molar-refractivity contribution in [2.24, 2.45) is 5.92 Å². The second-order valence-corrected chi connectivity index (χ2v) is 7.61. The molecule has 2 aliphatic heterocycles. The molecule has 1 aromatic rings. The molecule has 2 saturated heterocycles. The van der Waals surface area contributed by atoms with Gasteiger partial charge in [-0.1, -0.05) is 12.1 Å². The number of nitrogens with zero attached hydrogens (tertiary/aromatic N) is 3. The Kier molecular flexibility index (Phi) is 7.39. The Hall–Kier alpha value is -1.99. The molecule has 1 aromatic carbocycles. The van der Waals surface area contributed by atoms with Gasteiger partial charge in [0.25, 0.3) is 0 Å². The third kappa shape index (κ3) is 5.52. The van der Waals surface area contributed by atoms with Crippen LogP contribution in [0.4, 0.5) is 4.39 Å². The Balaban J connectivity index is 1.49. The fraction of sp³-hybridized carbons (Fsp3) is 0.619. The lowest BCUT2D eigenvalue weighted by molar-refractivity contribution is -0.144. The molecule has 0 spiro atoms. The number of likely N-dealkylation sites (tertiary alicyclic amines) is 1. The highest BCUT2D eigenvalue weighted by Crippen LogP contribution is 2.21. The average molecular weight is 391 g/mol. The van der Waals surface area contributed by atoms with E-state index in [0.717, 1.165) is 38.3 Å². The van der Waals surface area contributed by atoms with E-state index in [1.807, 2.05) is 11.0 Å². The van der Waals surface area contributed by atoms with E-state index in [-0.39, 0.29) is 23.5 Å². The molecule has 0 unspecified atom stereocenters. The van der Waals surface area contributed by atoms with Gasteiger partial charge >= 0.3 is 0 Å². The molecule has 3 rings (SSSR count). The van der Waals surface area contributed by atoms with Crippen molar-refractivity contribution in [3.8, 4) is 0 Å². The molecule has 6 nitrogen and oxygen atoms in total. The smallest absolute Gasteiger partial charge is 0.227 e. The zero-order valence-electron chi connectivity index (χ0n) is 16.6. The molecular formula is C21H30FN3O3. The van der Waals surface area contributed by atoms with Gasteiger partial charge in [-0.3, -0.25) is 14.5 Å². The van der Waals surface area contributed by atoms with Crippen molar-refractivity contribution in [3.05, 3.63) is 35.6 Å². The molecule has 0 N–H and O–H groups in total. The Morgan fingerprint density at radius 2 is 2.00 bits per heavy atom. The molecule has 0 saturated carbocycles. The van der Waals surface area contributed by atoms with Crippen LogP contribution in [0.2, 0.25) is 0 Å². The highest BCUT2D eigenvalue weighted by Gasteiger charge is 2.33. The summed E-state index contributed by atoms with van der Waals surface area (Å²) in [6, 6.07) is 6.46. The third-order valence-corrected chi connectivity index (χ3v) is 5.70. The van der Waals surface area contributed by atoms with Crippen molar-refractivity contribution in [3.63, 3.8) is 0 Å². The van der Waals surface area contributed by atoms with Crippen LogP contribution in [-0.4, -0.2) is 86.0 Å². The number of amides is 2. The number of benzene rings is 1. The summed E-state index contributed by atoms with van der Waals surface area (Å²) in [6.45, 7) is 5.79. The number of methoxy groups -OCH3 is 1. The SMILES string of the molecule is COCCN1CCN(C(=O)[C@@H]2CCC(=O)N(CCc3cccc(F)c3)C2)CC1. The standard InChI is InChI=1S/C21H30FN3O3/c1-28-14-13-23-9-11-24(12-10-23)21(27)18-5-6-20(26)25(16-18)8-7-17-3-2-4-19(22)15-17/h2-4,15,18H,5-14,16H2,1H3/t18-/m1/s1. The monoisotopic (exact) mass is 391 g/mol. The second kappa shape index (κ2) is 9.98. The number of hydrogen-bond donors (Lipinski definition) is 0. The molecule has 0 bridgehead atoms. The molecule has 0 radical (unpaired) electrons. The van der Waals surface area contributed by atoms with E-state index in [9.17, 15) is 14.0 Å². The lowest BCUT2D eigenvalue weighted by Crippen LogP contribution is -2.53. The summed E-state index contributed by atoms with van der Waals surface area (Å²) < 4.78 is 18.5. The number of rotatable bonds is 7. The van der Waals surface area contributed by atoms with Crippen molar-refractivity contribution in [1.29, 1.82) is 0 Å². The molecule has 0 aromatic heterocycles. The van der Waals surface area contributed by atoms with Crippen LogP contribution in [0.3, 0.4) is 0 Å². The van der Waals surface area contributed by atoms with Gasteiger partial charge in [0.05, 0.1) is 12.5 Å². The van der Waals surface area contributed by atoms with Crippen molar-refractivity contribution < 1.29 is 18.7 Å². The van der Waals surface area contributed by atoms with Crippen LogP contribution in [-0.2, 0) is 20.7 Å². The lowest BCUT2D eigenvalue weighted by atomic mass is 9.95. The normalized spacial score (nSPS) is 21.2. The average Bonchev–Trinajstić information content (AvgIpc) is 2.71. The van der Waals surface area contributed by atoms with Crippen LogP contribution in [0.15, 0.2) is 24.3 Å². The van der Waals surface area contributed by atoms with Crippen molar-refractivity contribution in [2.75, 3.05) is 59.5 Å². The fourth-order valence-electron chi connectivity index (χ4n) is 3.96. The van der Waals surface area contributed by atoms with E-state index in [0.29, 0.717) is 39.0 Å². The first-order valence-corrected chi connectivity index (χ1v) is 10.1. The van der Waals surface area contributed by atoms with Crippen molar-refractivity contribution in [1.82, 2.24) is 14.7 Å². The number of piperidine rings is 1. The van der Waals surface area contributed by atoms with E-state index in [4.69, 9.17) is 4.74 Å². The first kappa shape index (κ1) is 20.7. The number of hydrogen-bond acceptors (Lipinski definition) is 4. The quantitative estimate of drug-likeness (QED) is 0.705. The molecule has 2 fully saturated rings. The summed E-state index contributed by atoms with van der Waals surface area (Å²) in [5, 5.41) is 0. The summed E-state index contributed by atoms with van der Waals surface area (Å²) in [4.78, 5) is 31.2. The molecule has 2 aliphatic rings. The van der Waals surface area contributed by atoms with E-state index in [1.54, 1.807) is 18.1 Å². The minimum absolute atomic E-state index is 0.0878. The van der Waals surface area contributed by atoms with Gasteiger partial charge in [-0.25, -0.2) is 4.39 Å². The van der Waals surface area contributed by atoms with Gasteiger partial charge in [0.15, 0.2) is 0 Å². The van der Waals surface area contributed by atoms with E-state index >= 15 is 0 Å². The minimum atomic E-state index is -0.264. The molecule has 28 heavy (non-hydrogen) atoms. The molecule has 7 heteroatoms. The Bertz CT molecular complexity index is 677. The first-order chi connectivity index (χ1) is 13.6. The van der Waals surface area contributed by atoms with Gasteiger partial charge in [0.1, 0.15) is 5.82 Å². The fourth-order valence-corrected chi connectivity index (χ4v) is 3.96. The van der Waals surface area contributed by atoms with Crippen LogP contribution in [0, 0.1) is 11.7 Å². The number of carbonyl (C=O) groups is 2. The summed E-state index contributed by atoms with van der Waals surface area (Å²) >= 11 is 0. The van der Waals surface area contributed by atoms with Crippen LogP contribution >= 0.6 is 0 Å². The summed E-state index contributed by atoms with van der Waals surface area (Å²) in [6.07, 6.45) is 1.63.